The van der Waals surface area contributed by atoms with Crippen molar-refractivity contribution in [1.29, 1.82) is 0 Å². The summed E-state index contributed by atoms with van der Waals surface area (Å²) in [5.41, 5.74) is 0.495. The Bertz CT molecular complexity index is 910. The first-order valence-electron chi connectivity index (χ1n) is 7.82. The number of benzene rings is 1. The van der Waals surface area contributed by atoms with Gasteiger partial charge < -0.3 is 5.32 Å². The highest BCUT2D eigenvalue weighted by Crippen LogP contribution is 2.30. The molecule has 3 aromatic rings. The number of nitrogens with one attached hydrogen (secondary N) is 1. The van der Waals surface area contributed by atoms with Crippen LogP contribution in [-0.4, -0.2) is 26.4 Å². The van der Waals surface area contributed by atoms with Gasteiger partial charge in [0.2, 0.25) is 5.91 Å². The summed E-state index contributed by atoms with van der Waals surface area (Å²) in [6.07, 6.45) is 0. The number of amides is 1. The normalized spacial score (nSPS) is 11.1. The smallest absolute Gasteiger partial charge is 0.234 e. The molecule has 0 saturated carbocycles. The predicted octanol–water partition coefficient (Wildman–Crippen LogP) is 5.63. The number of hydrogen-bond donors (Lipinski definition) is 1. The minimum atomic E-state index is -0.185. The molecule has 5 nitrogen and oxygen atoms in total. The number of carbonyl (C=O) groups excluding carboxylic acids is 1. The van der Waals surface area contributed by atoms with Gasteiger partial charge in [-0.15, -0.1) is 21.5 Å². The number of rotatable bonds is 6. The SMILES string of the molecule is CC(C)n1c(SCC(=O)Nc2cc(Cl)ccc2Cl)nnc1-c1cccs1. The molecule has 1 amide bonds. The van der Waals surface area contributed by atoms with Crippen molar-refractivity contribution in [3.8, 4) is 10.7 Å². The van der Waals surface area contributed by atoms with E-state index in [1.54, 1.807) is 29.5 Å². The summed E-state index contributed by atoms with van der Waals surface area (Å²) in [5.74, 6) is 0.823. The second-order valence-corrected chi connectivity index (χ2v) is 8.44. The Labute approximate surface area is 169 Å². The second-order valence-electron chi connectivity index (χ2n) is 5.71. The quantitative estimate of drug-likeness (QED) is 0.519. The van der Waals surface area contributed by atoms with Crippen LogP contribution in [0.25, 0.3) is 10.7 Å². The van der Waals surface area contributed by atoms with Crippen LogP contribution >= 0.6 is 46.3 Å². The number of nitrogens with zero attached hydrogens (tertiary/aromatic N) is 3. The van der Waals surface area contributed by atoms with Gasteiger partial charge in [-0.2, -0.15) is 0 Å². The summed E-state index contributed by atoms with van der Waals surface area (Å²) in [4.78, 5) is 13.3. The lowest BCUT2D eigenvalue weighted by molar-refractivity contribution is -0.113. The molecule has 0 bridgehead atoms. The Morgan fingerprint density at radius 1 is 1.31 bits per heavy atom. The third kappa shape index (κ3) is 4.40. The predicted molar refractivity (Wildman–Crippen MR) is 110 cm³/mol. The molecule has 2 heterocycles. The van der Waals surface area contributed by atoms with Crippen LogP contribution in [0.5, 0.6) is 0 Å². The van der Waals surface area contributed by atoms with Gasteiger partial charge >= 0.3 is 0 Å². The average molecular weight is 427 g/mol. The molecule has 0 atom stereocenters. The van der Waals surface area contributed by atoms with E-state index in [9.17, 15) is 4.79 Å². The minimum Gasteiger partial charge on any atom is -0.324 e. The van der Waals surface area contributed by atoms with Gasteiger partial charge in [0.05, 0.1) is 21.3 Å². The van der Waals surface area contributed by atoms with Gasteiger partial charge in [-0.05, 0) is 43.5 Å². The largest absolute Gasteiger partial charge is 0.324 e. The fraction of sp³-hybridized carbons (Fsp3) is 0.235. The number of aromatic nitrogens is 3. The van der Waals surface area contributed by atoms with Gasteiger partial charge in [-0.25, -0.2) is 0 Å². The molecule has 9 heteroatoms. The topological polar surface area (TPSA) is 59.8 Å². The fourth-order valence-electron chi connectivity index (χ4n) is 2.32. The molecule has 0 radical (unpaired) electrons. The van der Waals surface area contributed by atoms with Gasteiger partial charge in [-0.3, -0.25) is 9.36 Å². The van der Waals surface area contributed by atoms with E-state index in [1.165, 1.54) is 11.8 Å². The number of carbonyl (C=O) groups is 1. The summed E-state index contributed by atoms with van der Waals surface area (Å²) in [6.45, 7) is 4.13. The standard InChI is InChI=1S/C17H16Cl2N4OS2/c1-10(2)23-16(14-4-3-7-25-14)21-22-17(23)26-9-15(24)20-13-8-11(18)5-6-12(13)19/h3-8,10H,9H2,1-2H3,(H,20,24). The first-order valence-corrected chi connectivity index (χ1v) is 10.4. The maximum absolute atomic E-state index is 12.3. The van der Waals surface area contributed by atoms with Gasteiger partial charge in [0.1, 0.15) is 0 Å². The number of halogens is 2. The molecule has 1 aromatic carbocycles. The highest BCUT2D eigenvalue weighted by molar-refractivity contribution is 7.99. The van der Waals surface area contributed by atoms with E-state index in [2.05, 4.69) is 29.4 Å². The maximum atomic E-state index is 12.3. The number of thioether (sulfide) groups is 1. The van der Waals surface area contributed by atoms with Gasteiger partial charge in [0.15, 0.2) is 11.0 Å². The average Bonchev–Trinajstić information content (AvgIpc) is 3.25. The lowest BCUT2D eigenvalue weighted by atomic mass is 10.3. The van der Waals surface area contributed by atoms with Crippen LogP contribution in [0.3, 0.4) is 0 Å². The van der Waals surface area contributed by atoms with E-state index in [-0.39, 0.29) is 17.7 Å². The van der Waals surface area contributed by atoms with Crippen LogP contribution in [0.15, 0.2) is 40.9 Å². The van der Waals surface area contributed by atoms with Crippen molar-refractivity contribution in [2.75, 3.05) is 11.1 Å². The first kappa shape index (κ1) is 19.2. The Morgan fingerprint density at radius 2 is 2.12 bits per heavy atom. The van der Waals surface area contributed by atoms with Crippen molar-refractivity contribution in [3.63, 3.8) is 0 Å². The molecule has 2 aromatic heterocycles. The molecule has 0 saturated heterocycles. The lowest BCUT2D eigenvalue weighted by Gasteiger charge is -2.13. The molecule has 0 aliphatic rings. The van der Waals surface area contributed by atoms with Crippen LogP contribution in [0, 0.1) is 0 Å². The Balaban J connectivity index is 1.71. The van der Waals surface area contributed by atoms with E-state index >= 15 is 0 Å². The fourth-order valence-corrected chi connectivity index (χ4v) is 4.23. The summed E-state index contributed by atoms with van der Waals surface area (Å²) in [6, 6.07) is 9.11. The third-order valence-corrected chi connectivity index (χ3v) is 5.83. The second kappa shape index (κ2) is 8.43. The first-order chi connectivity index (χ1) is 12.5. The molecule has 0 unspecified atom stereocenters. The molecule has 0 aliphatic carbocycles. The van der Waals surface area contributed by atoms with Crippen molar-refractivity contribution in [3.05, 3.63) is 45.8 Å². The van der Waals surface area contributed by atoms with E-state index in [0.717, 1.165) is 10.7 Å². The third-order valence-electron chi connectivity index (χ3n) is 3.46. The zero-order valence-electron chi connectivity index (χ0n) is 14.1. The summed E-state index contributed by atoms with van der Waals surface area (Å²) < 4.78 is 2.04. The summed E-state index contributed by atoms with van der Waals surface area (Å²) >= 11 is 15.0. The zero-order valence-corrected chi connectivity index (χ0v) is 17.2. The molecular weight excluding hydrogens is 411 g/mol. The van der Waals surface area contributed by atoms with Gasteiger partial charge in [-0.1, -0.05) is 41.0 Å². The van der Waals surface area contributed by atoms with Crippen molar-refractivity contribution in [1.82, 2.24) is 14.8 Å². The molecule has 3 rings (SSSR count). The van der Waals surface area contributed by atoms with Crippen LogP contribution in [0.4, 0.5) is 5.69 Å². The molecule has 26 heavy (non-hydrogen) atoms. The Hall–Kier alpha value is -1.54. The molecular formula is C17H16Cl2N4OS2. The highest BCUT2D eigenvalue weighted by atomic mass is 35.5. The number of anilines is 1. The molecule has 1 N–H and O–H groups in total. The van der Waals surface area contributed by atoms with Crippen LogP contribution in [0.1, 0.15) is 19.9 Å². The van der Waals surface area contributed by atoms with Crippen molar-refractivity contribution >= 4 is 57.9 Å². The molecule has 0 fully saturated rings. The van der Waals surface area contributed by atoms with Gasteiger partial charge in [0, 0.05) is 11.1 Å². The Morgan fingerprint density at radius 3 is 2.81 bits per heavy atom. The van der Waals surface area contributed by atoms with E-state index in [4.69, 9.17) is 23.2 Å². The van der Waals surface area contributed by atoms with E-state index in [0.29, 0.717) is 20.9 Å². The van der Waals surface area contributed by atoms with Crippen molar-refractivity contribution in [2.24, 2.45) is 0 Å². The van der Waals surface area contributed by atoms with E-state index in [1.807, 2.05) is 22.1 Å². The zero-order chi connectivity index (χ0) is 18.7. The number of hydrogen-bond acceptors (Lipinski definition) is 5. The maximum Gasteiger partial charge on any atom is 0.234 e. The van der Waals surface area contributed by atoms with Crippen LogP contribution < -0.4 is 5.32 Å². The minimum absolute atomic E-state index is 0.176. The van der Waals surface area contributed by atoms with Crippen molar-refractivity contribution in [2.45, 2.75) is 25.0 Å². The van der Waals surface area contributed by atoms with Gasteiger partial charge in [0.25, 0.3) is 0 Å². The summed E-state index contributed by atoms with van der Waals surface area (Å²) in [7, 11) is 0. The highest BCUT2D eigenvalue weighted by Gasteiger charge is 2.18. The van der Waals surface area contributed by atoms with Crippen LogP contribution in [0.2, 0.25) is 10.0 Å². The molecule has 0 aliphatic heterocycles. The van der Waals surface area contributed by atoms with E-state index < -0.39 is 0 Å². The molecule has 136 valence electrons. The lowest BCUT2D eigenvalue weighted by Crippen LogP contribution is -2.15. The van der Waals surface area contributed by atoms with Crippen LogP contribution in [-0.2, 0) is 4.79 Å². The summed E-state index contributed by atoms with van der Waals surface area (Å²) in [5, 5.41) is 15.0. The monoisotopic (exact) mass is 426 g/mol. The Kier molecular flexibility index (Phi) is 6.24. The van der Waals surface area contributed by atoms with Crippen molar-refractivity contribution < 1.29 is 4.79 Å². The number of thiophene rings is 1. The molecule has 0 spiro atoms.